The SMILES string of the molecule is CC1(C)CC2(OC(N)=NC2=O)c2ccccc2O1. The molecule has 1 unspecified atom stereocenters. The van der Waals surface area contributed by atoms with Gasteiger partial charge in [-0.2, -0.15) is 4.99 Å². The molecule has 0 aromatic heterocycles. The zero-order valence-electron chi connectivity index (χ0n) is 10.3. The second kappa shape index (κ2) is 3.25. The van der Waals surface area contributed by atoms with Gasteiger partial charge in [-0.1, -0.05) is 18.2 Å². The fraction of sp³-hybridized carbons (Fsp3) is 0.385. The maximum absolute atomic E-state index is 12.2. The molecule has 2 heterocycles. The summed E-state index contributed by atoms with van der Waals surface area (Å²) in [7, 11) is 0. The van der Waals surface area contributed by atoms with Gasteiger partial charge in [-0.05, 0) is 19.9 Å². The van der Waals surface area contributed by atoms with E-state index in [1.165, 1.54) is 0 Å². The maximum Gasteiger partial charge on any atom is 0.299 e. The molecule has 5 heteroatoms. The maximum atomic E-state index is 12.2. The molecule has 2 N–H and O–H groups in total. The highest BCUT2D eigenvalue weighted by molar-refractivity contribution is 6.02. The number of carbonyl (C=O) groups excluding carboxylic acids is 1. The highest BCUT2D eigenvalue weighted by atomic mass is 16.6. The summed E-state index contributed by atoms with van der Waals surface area (Å²) < 4.78 is 11.4. The molecule has 1 amide bonds. The molecule has 0 aliphatic carbocycles. The Morgan fingerprint density at radius 1 is 1.28 bits per heavy atom. The van der Waals surface area contributed by atoms with Crippen LogP contribution in [-0.2, 0) is 15.1 Å². The van der Waals surface area contributed by atoms with Crippen LogP contribution in [0.2, 0.25) is 0 Å². The Morgan fingerprint density at radius 3 is 2.67 bits per heavy atom. The standard InChI is InChI=1S/C13H14N2O3/c1-12(2)7-13(10(16)15-11(14)18-13)8-5-3-4-6-9(8)17-12/h3-6H,7H2,1-2H3,(H2,14,15,16). The minimum atomic E-state index is -1.12. The van der Waals surface area contributed by atoms with Crippen molar-refractivity contribution in [3.8, 4) is 5.75 Å². The summed E-state index contributed by atoms with van der Waals surface area (Å²) in [5.41, 5.74) is 4.60. The molecule has 0 bridgehead atoms. The monoisotopic (exact) mass is 246 g/mol. The summed E-state index contributed by atoms with van der Waals surface area (Å²) in [5, 5.41) is 0. The van der Waals surface area contributed by atoms with Crippen LogP contribution in [0, 0.1) is 0 Å². The Morgan fingerprint density at radius 2 is 2.00 bits per heavy atom. The molecule has 2 aliphatic rings. The van der Waals surface area contributed by atoms with E-state index in [2.05, 4.69) is 4.99 Å². The summed E-state index contributed by atoms with van der Waals surface area (Å²) in [6.07, 6.45) is 0.389. The van der Waals surface area contributed by atoms with Gasteiger partial charge in [0, 0.05) is 12.0 Å². The van der Waals surface area contributed by atoms with Crippen LogP contribution in [0.4, 0.5) is 0 Å². The van der Waals surface area contributed by atoms with Crippen molar-refractivity contribution in [2.75, 3.05) is 0 Å². The molecule has 3 rings (SSSR count). The third-order valence-corrected chi connectivity index (χ3v) is 3.22. The number of fused-ring (bicyclic) bond motifs is 2. The van der Waals surface area contributed by atoms with Gasteiger partial charge in [0.2, 0.25) is 5.60 Å². The number of amides is 1. The predicted octanol–water partition coefficient (Wildman–Crippen LogP) is 1.31. The first-order valence-electron chi connectivity index (χ1n) is 5.79. The predicted molar refractivity (Wildman–Crippen MR) is 65.2 cm³/mol. The van der Waals surface area contributed by atoms with Crippen molar-refractivity contribution in [3.63, 3.8) is 0 Å². The quantitative estimate of drug-likeness (QED) is 0.749. The van der Waals surface area contributed by atoms with Gasteiger partial charge in [0.25, 0.3) is 11.9 Å². The van der Waals surface area contributed by atoms with Crippen LogP contribution in [0.15, 0.2) is 29.3 Å². The molecule has 0 saturated carbocycles. The van der Waals surface area contributed by atoms with E-state index in [0.717, 1.165) is 0 Å². The van der Waals surface area contributed by atoms with Crippen molar-refractivity contribution in [1.82, 2.24) is 0 Å². The number of hydrogen-bond donors (Lipinski definition) is 1. The Kier molecular flexibility index (Phi) is 2.00. The van der Waals surface area contributed by atoms with Crippen molar-refractivity contribution in [2.24, 2.45) is 10.7 Å². The van der Waals surface area contributed by atoms with Gasteiger partial charge < -0.3 is 15.2 Å². The van der Waals surface area contributed by atoms with Crippen molar-refractivity contribution < 1.29 is 14.3 Å². The van der Waals surface area contributed by atoms with E-state index in [1.54, 1.807) is 0 Å². The van der Waals surface area contributed by atoms with Crippen LogP contribution >= 0.6 is 0 Å². The molecular weight excluding hydrogens is 232 g/mol. The van der Waals surface area contributed by atoms with Gasteiger partial charge in [0.05, 0.1) is 0 Å². The molecule has 1 aromatic rings. The first-order valence-corrected chi connectivity index (χ1v) is 5.79. The minimum absolute atomic E-state index is 0.0764. The summed E-state index contributed by atoms with van der Waals surface area (Å²) >= 11 is 0. The summed E-state index contributed by atoms with van der Waals surface area (Å²) in [6.45, 7) is 3.83. The van der Waals surface area contributed by atoms with E-state index < -0.39 is 11.2 Å². The summed E-state index contributed by atoms with van der Waals surface area (Å²) in [4.78, 5) is 15.9. The Bertz CT molecular complexity index is 565. The third kappa shape index (κ3) is 1.40. The van der Waals surface area contributed by atoms with Crippen molar-refractivity contribution in [2.45, 2.75) is 31.5 Å². The number of rotatable bonds is 0. The van der Waals surface area contributed by atoms with Gasteiger partial charge in [0.1, 0.15) is 11.4 Å². The summed E-state index contributed by atoms with van der Waals surface area (Å²) in [6, 6.07) is 7.26. The fourth-order valence-electron chi connectivity index (χ4n) is 2.64. The zero-order valence-corrected chi connectivity index (χ0v) is 10.3. The Labute approximate surface area is 105 Å². The molecule has 1 atom stereocenters. The van der Waals surface area contributed by atoms with Crippen molar-refractivity contribution in [1.29, 1.82) is 0 Å². The molecule has 0 fully saturated rings. The molecule has 1 aromatic carbocycles. The van der Waals surface area contributed by atoms with Crippen molar-refractivity contribution in [3.05, 3.63) is 29.8 Å². The number of para-hydroxylation sites is 1. The second-order valence-electron chi connectivity index (χ2n) is 5.22. The number of amidine groups is 1. The molecular formula is C13H14N2O3. The fourth-order valence-corrected chi connectivity index (χ4v) is 2.64. The number of nitrogens with zero attached hydrogens (tertiary/aromatic N) is 1. The van der Waals surface area contributed by atoms with Gasteiger partial charge in [-0.15, -0.1) is 0 Å². The largest absolute Gasteiger partial charge is 0.487 e. The lowest BCUT2D eigenvalue weighted by molar-refractivity contribution is -0.139. The van der Waals surface area contributed by atoms with E-state index in [1.807, 2.05) is 38.1 Å². The molecule has 5 nitrogen and oxygen atoms in total. The first kappa shape index (κ1) is 11.1. The lowest BCUT2D eigenvalue weighted by atomic mass is 9.80. The number of benzene rings is 1. The topological polar surface area (TPSA) is 73.9 Å². The molecule has 2 aliphatic heterocycles. The van der Waals surface area contributed by atoms with Crippen molar-refractivity contribution >= 4 is 11.9 Å². The molecule has 94 valence electrons. The Balaban J connectivity index is 2.19. The van der Waals surface area contributed by atoms with Gasteiger partial charge in [-0.25, -0.2) is 0 Å². The first-order chi connectivity index (χ1) is 8.43. The van der Waals surface area contributed by atoms with Crippen LogP contribution in [0.3, 0.4) is 0 Å². The molecule has 0 saturated heterocycles. The highest BCUT2D eigenvalue weighted by Gasteiger charge is 2.55. The van der Waals surface area contributed by atoms with E-state index in [-0.39, 0.29) is 11.9 Å². The zero-order chi connectivity index (χ0) is 13.0. The number of aliphatic imine (C=N–C) groups is 1. The van der Waals surface area contributed by atoms with Gasteiger partial charge in [-0.3, -0.25) is 4.79 Å². The lowest BCUT2D eigenvalue weighted by Gasteiger charge is -2.41. The smallest absolute Gasteiger partial charge is 0.299 e. The van der Waals surface area contributed by atoms with Crippen LogP contribution in [0.25, 0.3) is 0 Å². The third-order valence-electron chi connectivity index (χ3n) is 3.22. The van der Waals surface area contributed by atoms with Crippen LogP contribution in [0.1, 0.15) is 25.8 Å². The van der Waals surface area contributed by atoms with Crippen LogP contribution in [0.5, 0.6) is 5.75 Å². The lowest BCUT2D eigenvalue weighted by Crippen LogP contribution is -2.48. The number of carbonyl (C=O) groups is 1. The second-order valence-corrected chi connectivity index (χ2v) is 5.22. The summed E-state index contributed by atoms with van der Waals surface area (Å²) in [5.74, 6) is 0.288. The van der Waals surface area contributed by atoms with Crippen LogP contribution < -0.4 is 10.5 Å². The van der Waals surface area contributed by atoms with E-state index in [0.29, 0.717) is 17.7 Å². The number of hydrogen-bond acceptors (Lipinski definition) is 4. The van der Waals surface area contributed by atoms with E-state index in [4.69, 9.17) is 15.2 Å². The van der Waals surface area contributed by atoms with E-state index >= 15 is 0 Å². The average molecular weight is 246 g/mol. The van der Waals surface area contributed by atoms with Crippen LogP contribution in [-0.4, -0.2) is 17.5 Å². The van der Waals surface area contributed by atoms with Gasteiger partial charge >= 0.3 is 0 Å². The Hall–Kier alpha value is -2.04. The minimum Gasteiger partial charge on any atom is -0.487 e. The average Bonchev–Trinajstić information content (AvgIpc) is 2.52. The number of ether oxygens (including phenoxy) is 2. The normalized spacial score (nSPS) is 28.3. The molecule has 18 heavy (non-hydrogen) atoms. The van der Waals surface area contributed by atoms with Gasteiger partial charge in [0.15, 0.2) is 0 Å². The van der Waals surface area contributed by atoms with E-state index in [9.17, 15) is 4.79 Å². The highest BCUT2D eigenvalue weighted by Crippen LogP contribution is 2.47. The number of nitrogens with two attached hydrogens (primary N) is 1. The molecule has 0 radical (unpaired) electrons. The molecule has 1 spiro atoms.